The molecule has 6 heteroatoms. The van der Waals surface area contributed by atoms with Crippen molar-refractivity contribution in [2.75, 3.05) is 11.9 Å². The monoisotopic (exact) mass is 340 g/mol. The van der Waals surface area contributed by atoms with Crippen LogP contribution in [-0.2, 0) is 0 Å². The number of carboxylic acid groups (broad SMARTS) is 1. The molecule has 1 saturated carbocycles. The van der Waals surface area contributed by atoms with Gasteiger partial charge < -0.3 is 15.7 Å². The van der Waals surface area contributed by atoms with Crippen LogP contribution in [0.1, 0.15) is 30.1 Å². The van der Waals surface area contributed by atoms with Crippen LogP contribution in [0.3, 0.4) is 0 Å². The molecular formula is C14H17BrN2O3. The summed E-state index contributed by atoms with van der Waals surface area (Å²) in [6.07, 6.45) is 2.50. The minimum atomic E-state index is -1.03. The molecule has 1 fully saturated rings. The largest absolute Gasteiger partial charge is 0.478 e. The first-order valence-electron chi connectivity index (χ1n) is 6.54. The topological polar surface area (TPSA) is 78.4 Å². The molecule has 20 heavy (non-hydrogen) atoms. The Hall–Kier alpha value is -1.56. The van der Waals surface area contributed by atoms with Crippen LogP contribution < -0.4 is 10.6 Å². The summed E-state index contributed by atoms with van der Waals surface area (Å²) in [6.45, 7) is 2.76. The van der Waals surface area contributed by atoms with Crippen molar-refractivity contribution in [2.45, 2.75) is 19.8 Å². The molecule has 0 spiro atoms. The molecular weight excluding hydrogens is 324 g/mol. The molecule has 1 aliphatic carbocycles. The van der Waals surface area contributed by atoms with Crippen molar-refractivity contribution in [1.82, 2.24) is 5.32 Å². The molecule has 0 aromatic heterocycles. The first-order chi connectivity index (χ1) is 9.45. The van der Waals surface area contributed by atoms with Crippen molar-refractivity contribution in [3.05, 3.63) is 28.2 Å². The van der Waals surface area contributed by atoms with E-state index in [1.807, 2.05) is 0 Å². The molecule has 0 aliphatic heterocycles. The third-order valence-electron chi connectivity index (χ3n) is 3.41. The van der Waals surface area contributed by atoms with Crippen molar-refractivity contribution in [3.63, 3.8) is 0 Å². The fourth-order valence-corrected chi connectivity index (χ4v) is 2.54. The van der Waals surface area contributed by atoms with Crippen LogP contribution in [0.25, 0.3) is 0 Å². The van der Waals surface area contributed by atoms with Gasteiger partial charge in [0.25, 0.3) is 0 Å². The van der Waals surface area contributed by atoms with Crippen molar-refractivity contribution in [2.24, 2.45) is 11.8 Å². The van der Waals surface area contributed by atoms with Gasteiger partial charge in [-0.2, -0.15) is 0 Å². The predicted molar refractivity (Wildman–Crippen MR) is 80.0 cm³/mol. The minimum absolute atomic E-state index is 0.126. The van der Waals surface area contributed by atoms with Gasteiger partial charge in [0.05, 0.1) is 5.56 Å². The van der Waals surface area contributed by atoms with Gasteiger partial charge in [0, 0.05) is 16.7 Å². The predicted octanol–water partition coefficient (Wildman–Crippen LogP) is 3.31. The maximum atomic E-state index is 11.8. The summed E-state index contributed by atoms with van der Waals surface area (Å²) in [5, 5.41) is 14.4. The third kappa shape index (κ3) is 4.23. The second-order valence-corrected chi connectivity index (χ2v) is 6.10. The molecule has 0 heterocycles. The number of benzene rings is 1. The fourth-order valence-electron chi connectivity index (χ4n) is 2.05. The number of amides is 2. The fraction of sp³-hybridized carbons (Fsp3) is 0.429. The lowest BCUT2D eigenvalue weighted by Crippen LogP contribution is -2.32. The quantitative estimate of drug-likeness (QED) is 0.769. The van der Waals surface area contributed by atoms with E-state index in [-0.39, 0.29) is 11.6 Å². The highest BCUT2D eigenvalue weighted by Gasteiger charge is 2.27. The van der Waals surface area contributed by atoms with E-state index in [0.29, 0.717) is 22.6 Å². The first-order valence-corrected chi connectivity index (χ1v) is 7.33. The van der Waals surface area contributed by atoms with E-state index in [4.69, 9.17) is 5.11 Å². The number of rotatable bonds is 5. The number of carboxylic acids is 1. The molecule has 1 unspecified atom stereocenters. The summed E-state index contributed by atoms with van der Waals surface area (Å²) in [4.78, 5) is 22.7. The van der Waals surface area contributed by atoms with Crippen molar-refractivity contribution < 1.29 is 14.7 Å². The van der Waals surface area contributed by atoms with Gasteiger partial charge in [-0.05, 0) is 42.9 Å². The molecule has 5 nitrogen and oxygen atoms in total. The third-order valence-corrected chi connectivity index (χ3v) is 3.87. The maximum absolute atomic E-state index is 11.8. The van der Waals surface area contributed by atoms with Crippen LogP contribution in [0.2, 0.25) is 0 Å². The highest BCUT2D eigenvalue weighted by Crippen LogP contribution is 2.36. The van der Waals surface area contributed by atoms with E-state index < -0.39 is 5.97 Å². The zero-order valence-electron chi connectivity index (χ0n) is 11.1. The number of aromatic carboxylic acids is 1. The molecule has 2 rings (SSSR count). The van der Waals surface area contributed by atoms with Gasteiger partial charge >= 0.3 is 12.0 Å². The number of carbonyl (C=O) groups is 2. The molecule has 1 aromatic rings. The van der Waals surface area contributed by atoms with Crippen LogP contribution in [-0.4, -0.2) is 23.7 Å². The van der Waals surface area contributed by atoms with E-state index in [0.717, 1.165) is 5.92 Å². The van der Waals surface area contributed by atoms with E-state index in [1.54, 1.807) is 6.07 Å². The normalized spacial score (nSPS) is 15.5. The Labute approximate surface area is 125 Å². The SMILES string of the molecule is CC(CNC(=O)Nc1cc(Br)cc(C(=O)O)c1)C1CC1. The number of nitrogens with one attached hydrogen (secondary N) is 2. The molecule has 3 N–H and O–H groups in total. The summed E-state index contributed by atoms with van der Waals surface area (Å²) in [6, 6.07) is 4.26. The standard InChI is InChI=1S/C14H17BrN2O3/c1-8(9-2-3-9)7-16-14(20)17-12-5-10(13(18)19)4-11(15)6-12/h4-6,8-9H,2-3,7H2,1H3,(H,18,19)(H2,16,17,20). The molecule has 1 aliphatic rings. The summed E-state index contributed by atoms with van der Waals surface area (Å²) in [5.74, 6) is 0.190. The van der Waals surface area contributed by atoms with Gasteiger partial charge in [0.1, 0.15) is 0 Å². The van der Waals surface area contributed by atoms with Crippen molar-refractivity contribution in [1.29, 1.82) is 0 Å². The average molecular weight is 341 g/mol. The maximum Gasteiger partial charge on any atom is 0.335 e. The summed E-state index contributed by atoms with van der Waals surface area (Å²) in [5.41, 5.74) is 0.578. The van der Waals surface area contributed by atoms with Crippen LogP contribution in [0.4, 0.5) is 10.5 Å². The average Bonchev–Trinajstić information content (AvgIpc) is 3.19. The van der Waals surface area contributed by atoms with Crippen LogP contribution in [0.15, 0.2) is 22.7 Å². The molecule has 1 atom stereocenters. The van der Waals surface area contributed by atoms with Crippen LogP contribution in [0, 0.1) is 11.8 Å². The molecule has 108 valence electrons. The Morgan fingerprint density at radius 2 is 2.10 bits per heavy atom. The molecule has 2 amide bonds. The molecule has 0 saturated heterocycles. The van der Waals surface area contributed by atoms with Gasteiger partial charge in [0.15, 0.2) is 0 Å². The lowest BCUT2D eigenvalue weighted by molar-refractivity contribution is 0.0697. The van der Waals surface area contributed by atoms with Gasteiger partial charge in [0.2, 0.25) is 0 Å². The van der Waals surface area contributed by atoms with E-state index in [2.05, 4.69) is 33.5 Å². The highest BCUT2D eigenvalue weighted by atomic mass is 79.9. The number of hydrogen-bond donors (Lipinski definition) is 3. The Balaban J connectivity index is 1.91. The zero-order chi connectivity index (χ0) is 14.7. The van der Waals surface area contributed by atoms with Crippen LogP contribution >= 0.6 is 15.9 Å². The number of hydrogen-bond acceptors (Lipinski definition) is 2. The Morgan fingerprint density at radius 3 is 2.70 bits per heavy atom. The lowest BCUT2D eigenvalue weighted by Gasteiger charge is -2.12. The summed E-state index contributed by atoms with van der Waals surface area (Å²) >= 11 is 3.23. The highest BCUT2D eigenvalue weighted by molar-refractivity contribution is 9.10. The number of urea groups is 1. The van der Waals surface area contributed by atoms with Crippen molar-refractivity contribution in [3.8, 4) is 0 Å². The first kappa shape index (κ1) is 14.8. The minimum Gasteiger partial charge on any atom is -0.478 e. The molecule has 1 aromatic carbocycles. The van der Waals surface area contributed by atoms with E-state index in [1.165, 1.54) is 25.0 Å². The second-order valence-electron chi connectivity index (χ2n) is 5.18. The molecule has 0 radical (unpaired) electrons. The van der Waals surface area contributed by atoms with Gasteiger partial charge in [-0.25, -0.2) is 9.59 Å². The molecule has 0 bridgehead atoms. The Morgan fingerprint density at radius 1 is 1.40 bits per heavy atom. The zero-order valence-corrected chi connectivity index (χ0v) is 12.7. The number of halogens is 1. The Kier molecular flexibility index (Phi) is 4.65. The number of carbonyl (C=O) groups excluding carboxylic acids is 1. The van der Waals surface area contributed by atoms with Crippen LogP contribution in [0.5, 0.6) is 0 Å². The second kappa shape index (κ2) is 6.26. The number of anilines is 1. The van der Waals surface area contributed by atoms with E-state index >= 15 is 0 Å². The van der Waals surface area contributed by atoms with Gasteiger partial charge in [-0.3, -0.25) is 0 Å². The van der Waals surface area contributed by atoms with Crippen molar-refractivity contribution >= 4 is 33.6 Å². The lowest BCUT2D eigenvalue weighted by atomic mass is 10.1. The smallest absolute Gasteiger partial charge is 0.335 e. The van der Waals surface area contributed by atoms with E-state index in [9.17, 15) is 9.59 Å². The van der Waals surface area contributed by atoms with Gasteiger partial charge in [-0.15, -0.1) is 0 Å². The summed E-state index contributed by atoms with van der Waals surface area (Å²) < 4.78 is 0.610. The van der Waals surface area contributed by atoms with Gasteiger partial charge in [-0.1, -0.05) is 22.9 Å². The Bertz CT molecular complexity index is 529. The summed E-state index contributed by atoms with van der Waals surface area (Å²) in [7, 11) is 0.